The van der Waals surface area contributed by atoms with Crippen molar-refractivity contribution in [2.45, 2.75) is 38.2 Å². The number of aryl methyl sites for hydroxylation is 1. The van der Waals surface area contributed by atoms with Crippen molar-refractivity contribution in [3.8, 4) is 0 Å². The molecule has 3 aromatic rings. The SMILES string of the molecule is C[C@H]1CN(C(=O)c2c3cc(F)ccc3nn2C)Cc2cnc([C@@](C)(O)C(F)(F)F)n21. The number of aromatic nitrogens is 4. The maximum Gasteiger partial charge on any atom is 0.424 e. The van der Waals surface area contributed by atoms with Crippen LogP contribution in [0.1, 0.15) is 41.9 Å². The summed E-state index contributed by atoms with van der Waals surface area (Å²) in [4.78, 5) is 18.5. The standard InChI is InChI=1S/C19H19F4N5O2/c1-10-8-27(9-12-7-24-17(28(10)12)18(2,30)19(21,22)23)16(29)15-13-6-11(20)4-5-14(13)25-26(15)3/h4-7,10,30H,8-9H2,1-3H3/t10-,18+/m0/s1. The van der Waals surface area contributed by atoms with E-state index >= 15 is 0 Å². The molecule has 4 rings (SSSR count). The molecule has 30 heavy (non-hydrogen) atoms. The maximum absolute atomic E-state index is 13.7. The lowest BCUT2D eigenvalue weighted by molar-refractivity contribution is -0.263. The van der Waals surface area contributed by atoms with Gasteiger partial charge in [0.05, 0.1) is 30.0 Å². The van der Waals surface area contributed by atoms with Gasteiger partial charge in [-0.25, -0.2) is 9.37 Å². The summed E-state index contributed by atoms with van der Waals surface area (Å²) < 4.78 is 56.3. The zero-order valence-corrected chi connectivity index (χ0v) is 16.4. The Hall–Kier alpha value is -2.95. The molecule has 2 aromatic heterocycles. The summed E-state index contributed by atoms with van der Waals surface area (Å²) in [6.45, 7) is 2.38. The third-order valence-corrected chi connectivity index (χ3v) is 5.42. The van der Waals surface area contributed by atoms with E-state index in [4.69, 9.17) is 0 Å². The molecule has 0 fully saturated rings. The highest BCUT2D eigenvalue weighted by Crippen LogP contribution is 2.40. The van der Waals surface area contributed by atoms with Crippen LogP contribution in [0.3, 0.4) is 0 Å². The van der Waals surface area contributed by atoms with Gasteiger partial charge < -0.3 is 14.6 Å². The van der Waals surface area contributed by atoms with E-state index in [1.54, 1.807) is 14.0 Å². The topological polar surface area (TPSA) is 76.2 Å². The molecular formula is C19H19F4N5O2. The summed E-state index contributed by atoms with van der Waals surface area (Å²) in [6, 6.07) is 3.38. The fourth-order valence-corrected chi connectivity index (χ4v) is 3.88. The molecule has 1 aromatic carbocycles. The molecule has 0 aliphatic carbocycles. The van der Waals surface area contributed by atoms with Crippen LogP contribution in [-0.4, -0.2) is 48.0 Å². The van der Waals surface area contributed by atoms with Gasteiger partial charge in [-0.3, -0.25) is 9.48 Å². The molecule has 0 spiro atoms. The predicted octanol–water partition coefficient (Wildman–Crippen LogP) is 2.90. The second-order valence-electron chi connectivity index (χ2n) is 7.68. The second-order valence-corrected chi connectivity index (χ2v) is 7.68. The summed E-state index contributed by atoms with van der Waals surface area (Å²) in [5.74, 6) is -1.44. The Labute approximate surface area is 168 Å². The number of hydrogen-bond donors (Lipinski definition) is 1. The first-order valence-corrected chi connectivity index (χ1v) is 9.19. The van der Waals surface area contributed by atoms with Gasteiger partial charge in [-0.1, -0.05) is 0 Å². The first-order chi connectivity index (χ1) is 13.9. The fourth-order valence-electron chi connectivity index (χ4n) is 3.88. The van der Waals surface area contributed by atoms with Crippen LogP contribution in [0.25, 0.3) is 10.9 Å². The Morgan fingerprint density at radius 2 is 2.00 bits per heavy atom. The third-order valence-electron chi connectivity index (χ3n) is 5.42. The minimum absolute atomic E-state index is 0.00784. The van der Waals surface area contributed by atoms with Crippen molar-refractivity contribution in [3.05, 3.63) is 47.4 Å². The molecule has 3 heterocycles. The molecule has 1 N–H and O–H groups in total. The molecule has 7 nitrogen and oxygen atoms in total. The van der Waals surface area contributed by atoms with Crippen LogP contribution < -0.4 is 0 Å². The molecule has 0 radical (unpaired) electrons. The van der Waals surface area contributed by atoms with Crippen molar-refractivity contribution in [1.29, 1.82) is 0 Å². The minimum Gasteiger partial charge on any atom is -0.374 e. The number of benzene rings is 1. The number of aliphatic hydroxyl groups is 1. The zero-order chi connectivity index (χ0) is 22.0. The molecule has 0 saturated heterocycles. The molecule has 1 amide bonds. The molecule has 0 saturated carbocycles. The monoisotopic (exact) mass is 425 g/mol. The number of imidazole rings is 1. The van der Waals surface area contributed by atoms with E-state index < -0.39 is 35.4 Å². The third kappa shape index (κ3) is 2.95. The van der Waals surface area contributed by atoms with E-state index in [0.717, 1.165) is 0 Å². The van der Waals surface area contributed by atoms with E-state index in [9.17, 15) is 27.5 Å². The normalized spacial score (nSPS) is 19.1. The van der Waals surface area contributed by atoms with Gasteiger partial charge in [0.25, 0.3) is 5.91 Å². The average molecular weight is 425 g/mol. The number of nitrogens with zero attached hydrogens (tertiary/aromatic N) is 5. The van der Waals surface area contributed by atoms with Crippen molar-refractivity contribution in [2.24, 2.45) is 7.05 Å². The van der Waals surface area contributed by atoms with Gasteiger partial charge in [0, 0.05) is 19.0 Å². The largest absolute Gasteiger partial charge is 0.424 e. The van der Waals surface area contributed by atoms with Gasteiger partial charge in [0.1, 0.15) is 11.5 Å². The predicted molar refractivity (Wildman–Crippen MR) is 98.0 cm³/mol. The molecule has 0 unspecified atom stereocenters. The number of rotatable bonds is 2. The van der Waals surface area contributed by atoms with E-state index in [0.29, 0.717) is 23.5 Å². The first-order valence-electron chi connectivity index (χ1n) is 9.19. The fraction of sp³-hybridized carbons (Fsp3) is 0.421. The van der Waals surface area contributed by atoms with Crippen LogP contribution in [0.2, 0.25) is 0 Å². The van der Waals surface area contributed by atoms with Gasteiger partial charge in [-0.05, 0) is 32.0 Å². The summed E-state index contributed by atoms with van der Waals surface area (Å²) in [6.07, 6.45) is -3.67. The number of hydrogen-bond acceptors (Lipinski definition) is 4. The molecule has 1 aliphatic heterocycles. The Kier molecular flexibility index (Phi) is 4.42. The number of alkyl halides is 3. The van der Waals surface area contributed by atoms with Crippen molar-refractivity contribution in [3.63, 3.8) is 0 Å². The van der Waals surface area contributed by atoms with Crippen molar-refractivity contribution < 1.29 is 27.5 Å². The van der Waals surface area contributed by atoms with E-state index in [1.165, 1.54) is 38.5 Å². The van der Waals surface area contributed by atoms with Crippen LogP contribution in [0.5, 0.6) is 0 Å². The number of carbonyl (C=O) groups is 1. The average Bonchev–Trinajstić information content (AvgIpc) is 3.21. The molecule has 2 atom stereocenters. The smallest absolute Gasteiger partial charge is 0.374 e. The lowest BCUT2D eigenvalue weighted by Gasteiger charge is -2.36. The maximum atomic E-state index is 13.7. The molecule has 11 heteroatoms. The summed E-state index contributed by atoms with van der Waals surface area (Å²) in [5.41, 5.74) is -2.12. The van der Waals surface area contributed by atoms with E-state index in [-0.39, 0.29) is 18.8 Å². The molecule has 1 aliphatic rings. The second kappa shape index (κ2) is 6.53. The number of fused-ring (bicyclic) bond motifs is 2. The lowest BCUT2D eigenvalue weighted by Crippen LogP contribution is -2.46. The quantitative estimate of drug-likeness (QED) is 0.641. The van der Waals surface area contributed by atoms with Gasteiger partial charge in [-0.2, -0.15) is 18.3 Å². The summed E-state index contributed by atoms with van der Waals surface area (Å²) in [5, 5.41) is 14.6. The highest BCUT2D eigenvalue weighted by molar-refractivity contribution is 6.05. The number of carbonyl (C=O) groups excluding carboxylic acids is 1. The summed E-state index contributed by atoms with van der Waals surface area (Å²) >= 11 is 0. The first kappa shape index (κ1) is 20.3. The Morgan fingerprint density at radius 1 is 1.30 bits per heavy atom. The Morgan fingerprint density at radius 3 is 2.67 bits per heavy atom. The van der Waals surface area contributed by atoms with Gasteiger partial charge >= 0.3 is 6.18 Å². The highest BCUT2D eigenvalue weighted by atomic mass is 19.4. The Bertz CT molecular complexity index is 1150. The number of amides is 1. The van der Waals surface area contributed by atoms with E-state index in [2.05, 4.69) is 10.1 Å². The highest BCUT2D eigenvalue weighted by Gasteiger charge is 2.55. The zero-order valence-electron chi connectivity index (χ0n) is 16.4. The van der Waals surface area contributed by atoms with Gasteiger partial charge in [0.2, 0.25) is 5.60 Å². The number of halogens is 4. The lowest BCUT2D eigenvalue weighted by atomic mass is 10.0. The van der Waals surface area contributed by atoms with Crippen molar-refractivity contribution in [2.75, 3.05) is 6.54 Å². The van der Waals surface area contributed by atoms with Crippen LogP contribution in [0.15, 0.2) is 24.4 Å². The molecule has 0 bridgehead atoms. The van der Waals surface area contributed by atoms with Crippen LogP contribution in [0, 0.1) is 5.82 Å². The van der Waals surface area contributed by atoms with Gasteiger partial charge in [-0.15, -0.1) is 0 Å². The van der Waals surface area contributed by atoms with Crippen molar-refractivity contribution >= 4 is 16.8 Å². The van der Waals surface area contributed by atoms with E-state index in [1.807, 2.05) is 0 Å². The van der Waals surface area contributed by atoms with Crippen LogP contribution >= 0.6 is 0 Å². The van der Waals surface area contributed by atoms with Crippen LogP contribution in [-0.2, 0) is 19.2 Å². The molecule has 160 valence electrons. The minimum atomic E-state index is -4.90. The van der Waals surface area contributed by atoms with Crippen LogP contribution in [0.4, 0.5) is 17.6 Å². The summed E-state index contributed by atoms with van der Waals surface area (Å²) in [7, 11) is 1.57. The molecular weight excluding hydrogens is 406 g/mol. The van der Waals surface area contributed by atoms with Crippen molar-refractivity contribution in [1.82, 2.24) is 24.2 Å². The van der Waals surface area contributed by atoms with Gasteiger partial charge in [0.15, 0.2) is 5.82 Å². The Balaban J connectivity index is 1.71.